The van der Waals surface area contributed by atoms with E-state index in [1.165, 1.54) is 43.5 Å². The van der Waals surface area contributed by atoms with E-state index in [1.807, 2.05) is 6.92 Å². The van der Waals surface area contributed by atoms with E-state index in [4.69, 9.17) is 39.4 Å². The Balaban J connectivity index is 0. The molecule has 4 N–H and O–H groups in total. The summed E-state index contributed by atoms with van der Waals surface area (Å²) in [6.07, 6.45) is 14.4. The molecule has 0 saturated heterocycles. The molecular weight excluding hydrogens is 757 g/mol. The van der Waals surface area contributed by atoms with Gasteiger partial charge in [-0.25, -0.2) is 19.2 Å². The number of aliphatic hydroxyl groups excluding tert-OH is 4. The minimum atomic E-state index is -0.530. The summed E-state index contributed by atoms with van der Waals surface area (Å²) in [5.74, 6) is -0.217. The molecule has 0 radical (unpaired) electrons. The van der Waals surface area contributed by atoms with Gasteiger partial charge in [0, 0.05) is 6.61 Å². The van der Waals surface area contributed by atoms with Gasteiger partial charge >= 0.3 is 23.9 Å². The normalized spacial score (nSPS) is 11.8. The molecule has 2 rings (SSSR count). The highest BCUT2D eigenvalue weighted by molar-refractivity contribution is 5.94. The average Bonchev–Trinajstić information content (AvgIpc) is 3.28. The summed E-state index contributed by atoms with van der Waals surface area (Å²) in [7, 11) is 0. The average molecular weight is 835 g/mol. The van der Waals surface area contributed by atoms with Crippen LogP contribution >= 0.6 is 0 Å². The summed E-state index contributed by atoms with van der Waals surface area (Å²) in [4.78, 5) is 47.4. The van der Waals surface area contributed by atoms with Crippen LogP contribution in [0.25, 0.3) is 0 Å². The van der Waals surface area contributed by atoms with Crippen LogP contribution in [0.5, 0.6) is 0 Å². The van der Waals surface area contributed by atoms with Crippen molar-refractivity contribution in [1.29, 1.82) is 0 Å². The van der Waals surface area contributed by atoms with E-state index in [0.29, 0.717) is 66.4 Å². The Hall–Kier alpha value is -3.84. The summed E-state index contributed by atoms with van der Waals surface area (Å²) in [6.45, 7) is 16.0. The second-order valence-electron chi connectivity index (χ2n) is 14.2. The SMILES string of the molecule is CCCCC(CC)CO.CCCCC(CC)COC(=O)c1ccc(C(=O)OCC(CC)CCCC)cc1.CCCOC(=O)c1ccc(C(=O)OCCO)cc1.OCCO. The molecule has 2 aromatic carbocycles. The fourth-order valence-electron chi connectivity index (χ4n) is 5.25. The summed E-state index contributed by atoms with van der Waals surface area (Å²) in [5, 5.41) is 32.5. The van der Waals surface area contributed by atoms with Crippen molar-refractivity contribution < 1.29 is 58.6 Å². The Labute approximate surface area is 355 Å². The molecule has 338 valence electrons. The van der Waals surface area contributed by atoms with Gasteiger partial charge in [0.25, 0.3) is 0 Å². The number of aliphatic hydroxyl groups is 4. The smallest absolute Gasteiger partial charge is 0.338 e. The van der Waals surface area contributed by atoms with Gasteiger partial charge in [-0.2, -0.15) is 0 Å². The number of esters is 4. The highest BCUT2D eigenvalue weighted by Crippen LogP contribution is 2.17. The predicted molar refractivity (Wildman–Crippen MR) is 233 cm³/mol. The number of carbonyl (C=O) groups is 4. The number of hydrogen-bond donors (Lipinski definition) is 4. The molecule has 12 nitrogen and oxygen atoms in total. The quantitative estimate of drug-likeness (QED) is 0.0521. The van der Waals surface area contributed by atoms with E-state index in [1.54, 1.807) is 24.3 Å². The Bertz CT molecular complexity index is 1220. The third-order valence-corrected chi connectivity index (χ3v) is 9.36. The molecule has 0 aliphatic heterocycles. The second-order valence-corrected chi connectivity index (χ2v) is 14.2. The molecule has 0 saturated carbocycles. The third kappa shape index (κ3) is 29.1. The summed E-state index contributed by atoms with van der Waals surface area (Å²) >= 11 is 0. The Morgan fingerprint density at radius 2 is 0.729 bits per heavy atom. The highest BCUT2D eigenvalue weighted by atomic mass is 16.5. The topological polar surface area (TPSA) is 186 Å². The number of hydrogen-bond acceptors (Lipinski definition) is 12. The zero-order valence-corrected chi connectivity index (χ0v) is 37.3. The van der Waals surface area contributed by atoms with E-state index >= 15 is 0 Å². The van der Waals surface area contributed by atoms with E-state index in [2.05, 4.69) is 41.5 Å². The van der Waals surface area contributed by atoms with Gasteiger partial charge < -0.3 is 39.4 Å². The first-order valence-corrected chi connectivity index (χ1v) is 21.8. The third-order valence-electron chi connectivity index (χ3n) is 9.36. The van der Waals surface area contributed by atoms with E-state index in [-0.39, 0.29) is 38.4 Å². The van der Waals surface area contributed by atoms with Crippen molar-refractivity contribution in [2.45, 2.75) is 132 Å². The monoisotopic (exact) mass is 835 g/mol. The molecule has 0 heterocycles. The van der Waals surface area contributed by atoms with Crippen molar-refractivity contribution in [3.8, 4) is 0 Å². The Morgan fingerprint density at radius 1 is 0.424 bits per heavy atom. The van der Waals surface area contributed by atoms with Crippen molar-refractivity contribution in [2.24, 2.45) is 17.8 Å². The van der Waals surface area contributed by atoms with Crippen molar-refractivity contribution in [3.63, 3.8) is 0 Å². The lowest BCUT2D eigenvalue weighted by molar-refractivity contribution is 0.0414. The zero-order chi connectivity index (χ0) is 44.7. The van der Waals surface area contributed by atoms with Crippen LogP contribution in [0.3, 0.4) is 0 Å². The van der Waals surface area contributed by atoms with E-state index in [0.717, 1.165) is 64.2 Å². The molecule has 0 aliphatic carbocycles. The number of rotatable bonds is 26. The van der Waals surface area contributed by atoms with Gasteiger partial charge in [0.15, 0.2) is 0 Å². The maximum atomic E-state index is 12.2. The number of carbonyl (C=O) groups excluding carboxylic acids is 4. The molecule has 0 bridgehead atoms. The van der Waals surface area contributed by atoms with Gasteiger partial charge in [-0.1, -0.05) is 106 Å². The fourth-order valence-corrected chi connectivity index (χ4v) is 5.25. The van der Waals surface area contributed by atoms with Gasteiger partial charge in [-0.3, -0.25) is 0 Å². The van der Waals surface area contributed by atoms with Crippen LogP contribution in [0.2, 0.25) is 0 Å². The molecule has 59 heavy (non-hydrogen) atoms. The lowest BCUT2D eigenvalue weighted by Gasteiger charge is -2.15. The van der Waals surface area contributed by atoms with Crippen molar-refractivity contribution >= 4 is 23.9 Å². The molecule has 3 unspecified atom stereocenters. The number of unbranched alkanes of at least 4 members (excludes halogenated alkanes) is 3. The van der Waals surface area contributed by atoms with E-state index < -0.39 is 11.9 Å². The van der Waals surface area contributed by atoms with Crippen LogP contribution in [0, 0.1) is 17.8 Å². The standard InChI is InChI=1S/C24H38O4.C13H16O5.C8H18O.C2H6O2/c1-5-9-11-19(7-3)17-27-23(25)21-13-15-22(16-14-21)24(26)28-18-20(8-4)12-10-6-2;1-2-8-17-12(15)10-3-5-11(6-4-10)13(16)18-9-7-14;1-3-5-6-8(4-2)7-9;3-1-2-4/h13-16,19-20H,5-12,17-18H2,1-4H3;3-6,14H,2,7-9H2,1H3;8-9H,3-7H2,1-2H3;3-4H,1-2H2. The Morgan fingerprint density at radius 3 is 0.983 bits per heavy atom. The minimum Gasteiger partial charge on any atom is -0.462 e. The Kier molecular flexibility index (Phi) is 38.4. The van der Waals surface area contributed by atoms with Crippen LogP contribution < -0.4 is 0 Å². The largest absolute Gasteiger partial charge is 0.462 e. The highest BCUT2D eigenvalue weighted by Gasteiger charge is 2.15. The molecule has 0 aromatic heterocycles. The fraction of sp³-hybridized carbons (Fsp3) is 0.660. The molecular formula is C47H78O12. The number of ether oxygens (including phenoxy) is 4. The molecule has 12 heteroatoms. The second kappa shape index (κ2) is 39.6. The number of benzene rings is 2. The molecule has 0 amide bonds. The lowest BCUT2D eigenvalue weighted by Crippen LogP contribution is -2.15. The van der Waals surface area contributed by atoms with Gasteiger partial charge in [-0.05, 0) is 92.0 Å². The van der Waals surface area contributed by atoms with Crippen LogP contribution in [0.4, 0.5) is 0 Å². The molecule has 0 spiro atoms. The van der Waals surface area contributed by atoms with Crippen LogP contribution in [-0.2, 0) is 18.9 Å². The first-order chi connectivity index (χ1) is 28.5. The summed E-state index contributed by atoms with van der Waals surface area (Å²) in [5.41, 5.74) is 1.66. The predicted octanol–water partition coefficient (Wildman–Crippen LogP) is 9.00. The van der Waals surface area contributed by atoms with E-state index in [9.17, 15) is 19.2 Å². The van der Waals surface area contributed by atoms with Crippen molar-refractivity contribution in [1.82, 2.24) is 0 Å². The zero-order valence-electron chi connectivity index (χ0n) is 37.3. The molecule has 2 aromatic rings. The first kappa shape index (κ1) is 57.3. The van der Waals surface area contributed by atoms with Crippen molar-refractivity contribution in [2.75, 3.05) is 52.9 Å². The van der Waals surface area contributed by atoms with Crippen LogP contribution in [-0.4, -0.2) is 97.2 Å². The van der Waals surface area contributed by atoms with Crippen LogP contribution in [0.1, 0.15) is 173 Å². The lowest BCUT2D eigenvalue weighted by atomic mass is 10.0. The molecule has 3 atom stereocenters. The van der Waals surface area contributed by atoms with Crippen LogP contribution in [0.15, 0.2) is 48.5 Å². The van der Waals surface area contributed by atoms with Gasteiger partial charge in [-0.15, -0.1) is 0 Å². The molecule has 0 fully saturated rings. The maximum absolute atomic E-state index is 12.2. The first-order valence-electron chi connectivity index (χ1n) is 21.8. The maximum Gasteiger partial charge on any atom is 0.338 e. The van der Waals surface area contributed by atoms with Gasteiger partial charge in [0.2, 0.25) is 0 Å². The minimum absolute atomic E-state index is 0.0425. The van der Waals surface area contributed by atoms with Gasteiger partial charge in [0.05, 0.1) is 61.9 Å². The van der Waals surface area contributed by atoms with Crippen molar-refractivity contribution in [3.05, 3.63) is 70.8 Å². The summed E-state index contributed by atoms with van der Waals surface area (Å²) < 4.78 is 20.6. The molecule has 0 aliphatic rings. The van der Waals surface area contributed by atoms with Gasteiger partial charge in [0.1, 0.15) is 6.61 Å². The summed E-state index contributed by atoms with van der Waals surface area (Å²) in [6, 6.07) is 12.5.